The molecule has 1 N–H and O–H groups in total. The van der Waals surface area contributed by atoms with E-state index in [0.717, 1.165) is 31.0 Å². The molecule has 2 aromatic rings. The molecule has 0 amide bonds. The summed E-state index contributed by atoms with van der Waals surface area (Å²) in [6.45, 7) is 6.60. The van der Waals surface area contributed by atoms with Crippen LogP contribution >= 0.6 is 0 Å². The number of likely N-dealkylation sites (N-methyl/N-ethyl adjacent to an activating group) is 1. The zero-order valence-electron chi connectivity index (χ0n) is 12.5. The fraction of sp³-hybridized carbons (Fsp3) is 0.438. The molecular weight excluding hydrogens is 250 g/mol. The van der Waals surface area contributed by atoms with Gasteiger partial charge in [0, 0.05) is 5.69 Å². The molecule has 1 aromatic heterocycles. The van der Waals surface area contributed by atoms with Gasteiger partial charge < -0.3 is 10.1 Å². The average Bonchev–Trinajstić information content (AvgIpc) is 2.73. The zero-order valence-corrected chi connectivity index (χ0v) is 12.5. The van der Waals surface area contributed by atoms with Crippen LogP contribution in [0.15, 0.2) is 30.3 Å². The van der Waals surface area contributed by atoms with Gasteiger partial charge in [-0.15, -0.1) is 0 Å². The predicted molar refractivity (Wildman–Crippen MR) is 81.3 cm³/mol. The molecule has 0 aliphatic rings. The second kappa shape index (κ2) is 7.10. The molecule has 0 aliphatic heterocycles. The molecule has 1 aromatic carbocycles. The molecule has 108 valence electrons. The van der Waals surface area contributed by atoms with E-state index in [-0.39, 0.29) is 0 Å². The lowest BCUT2D eigenvalue weighted by Gasteiger charge is -2.08. The summed E-state index contributed by atoms with van der Waals surface area (Å²) >= 11 is 0. The van der Waals surface area contributed by atoms with Gasteiger partial charge in [0.1, 0.15) is 12.4 Å². The Morgan fingerprint density at radius 3 is 2.65 bits per heavy atom. The van der Waals surface area contributed by atoms with E-state index in [1.165, 1.54) is 11.3 Å². The summed E-state index contributed by atoms with van der Waals surface area (Å²) in [6, 6.07) is 9.89. The molecule has 1 heterocycles. The lowest BCUT2D eigenvalue weighted by Crippen LogP contribution is -2.13. The van der Waals surface area contributed by atoms with Crippen molar-refractivity contribution in [2.75, 3.05) is 20.2 Å². The third-order valence-electron chi connectivity index (χ3n) is 3.47. The third-order valence-corrected chi connectivity index (χ3v) is 3.47. The number of hydrogen-bond acceptors (Lipinski definition) is 3. The Labute approximate surface area is 120 Å². The standard InChI is InChI=1S/C16H23N3O/c1-13-16(9-10-17-3)14(2)19(18-13)11-12-20-15-7-5-4-6-8-15/h4-8,17H,9-12H2,1-3H3. The minimum atomic E-state index is 0.636. The zero-order chi connectivity index (χ0) is 14.4. The molecule has 0 radical (unpaired) electrons. The summed E-state index contributed by atoms with van der Waals surface area (Å²) in [4.78, 5) is 0. The van der Waals surface area contributed by atoms with Crippen molar-refractivity contribution < 1.29 is 4.74 Å². The molecule has 4 nitrogen and oxygen atoms in total. The highest BCUT2D eigenvalue weighted by Crippen LogP contribution is 2.14. The Morgan fingerprint density at radius 1 is 1.20 bits per heavy atom. The van der Waals surface area contributed by atoms with Crippen molar-refractivity contribution in [2.45, 2.75) is 26.8 Å². The van der Waals surface area contributed by atoms with Crippen molar-refractivity contribution in [1.82, 2.24) is 15.1 Å². The first-order valence-electron chi connectivity index (χ1n) is 7.07. The topological polar surface area (TPSA) is 39.1 Å². The summed E-state index contributed by atoms with van der Waals surface area (Å²) < 4.78 is 7.77. The molecule has 0 spiro atoms. The fourth-order valence-corrected chi connectivity index (χ4v) is 2.33. The van der Waals surface area contributed by atoms with Crippen LogP contribution in [0.25, 0.3) is 0 Å². The van der Waals surface area contributed by atoms with E-state index in [1.807, 2.05) is 42.1 Å². The highest BCUT2D eigenvalue weighted by atomic mass is 16.5. The van der Waals surface area contributed by atoms with Crippen LogP contribution in [-0.2, 0) is 13.0 Å². The van der Waals surface area contributed by atoms with Crippen molar-refractivity contribution in [1.29, 1.82) is 0 Å². The highest BCUT2D eigenvalue weighted by molar-refractivity contribution is 5.25. The van der Waals surface area contributed by atoms with Gasteiger partial charge in [0.15, 0.2) is 0 Å². The quantitative estimate of drug-likeness (QED) is 0.841. The summed E-state index contributed by atoms with van der Waals surface area (Å²) in [6.07, 6.45) is 1.02. The van der Waals surface area contributed by atoms with Gasteiger partial charge in [0.25, 0.3) is 0 Å². The van der Waals surface area contributed by atoms with E-state index in [1.54, 1.807) is 0 Å². The Kier molecular flexibility index (Phi) is 5.18. The number of ether oxygens (including phenoxy) is 1. The number of rotatable bonds is 7. The van der Waals surface area contributed by atoms with Crippen LogP contribution in [0.5, 0.6) is 5.75 Å². The molecule has 0 aliphatic carbocycles. The van der Waals surface area contributed by atoms with E-state index in [9.17, 15) is 0 Å². The molecule has 0 saturated heterocycles. The van der Waals surface area contributed by atoms with Crippen molar-refractivity contribution in [2.24, 2.45) is 0 Å². The van der Waals surface area contributed by atoms with Gasteiger partial charge in [0.05, 0.1) is 12.2 Å². The Morgan fingerprint density at radius 2 is 1.95 bits per heavy atom. The van der Waals surface area contributed by atoms with Crippen LogP contribution < -0.4 is 10.1 Å². The normalized spacial score (nSPS) is 10.8. The smallest absolute Gasteiger partial charge is 0.119 e. The maximum Gasteiger partial charge on any atom is 0.119 e. The number of aromatic nitrogens is 2. The summed E-state index contributed by atoms with van der Waals surface area (Å²) in [5, 5.41) is 7.79. The molecule has 0 unspecified atom stereocenters. The Balaban J connectivity index is 1.93. The maximum absolute atomic E-state index is 5.72. The van der Waals surface area contributed by atoms with Crippen molar-refractivity contribution >= 4 is 0 Å². The molecule has 0 saturated carbocycles. The number of nitrogens with one attached hydrogen (secondary N) is 1. The molecular formula is C16H23N3O. The van der Waals surface area contributed by atoms with Crippen LogP contribution in [0.4, 0.5) is 0 Å². The molecule has 0 fully saturated rings. The Bertz CT molecular complexity index is 534. The van der Waals surface area contributed by atoms with Gasteiger partial charge in [-0.2, -0.15) is 5.10 Å². The first-order chi connectivity index (χ1) is 9.72. The summed E-state index contributed by atoms with van der Waals surface area (Å²) in [7, 11) is 1.97. The van der Waals surface area contributed by atoms with Crippen LogP contribution in [-0.4, -0.2) is 30.0 Å². The van der Waals surface area contributed by atoms with Gasteiger partial charge in [-0.05, 0) is 51.6 Å². The average molecular weight is 273 g/mol. The second-order valence-electron chi connectivity index (χ2n) is 4.89. The monoisotopic (exact) mass is 273 g/mol. The van der Waals surface area contributed by atoms with Crippen molar-refractivity contribution in [3.05, 3.63) is 47.3 Å². The lowest BCUT2D eigenvalue weighted by molar-refractivity contribution is 0.289. The van der Waals surface area contributed by atoms with Crippen LogP contribution in [0, 0.1) is 13.8 Å². The van der Waals surface area contributed by atoms with Gasteiger partial charge in [-0.3, -0.25) is 4.68 Å². The Hall–Kier alpha value is -1.81. The van der Waals surface area contributed by atoms with Gasteiger partial charge >= 0.3 is 0 Å². The van der Waals surface area contributed by atoms with Crippen LogP contribution in [0.1, 0.15) is 17.0 Å². The first-order valence-corrected chi connectivity index (χ1v) is 7.07. The number of nitrogens with zero attached hydrogens (tertiary/aromatic N) is 2. The SMILES string of the molecule is CNCCc1c(C)nn(CCOc2ccccc2)c1C. The largest absolute Gasteiger partial charge is 0.492 e. The maximum atomic E-state index is 5.72. The minimum Gasteiger partial charge on any atom is -0.492 e. The molecule has 0 bridgehead atoms. The van der Waals surface area contributed by atoms with Crippen molar-refractivity contribution in [3.8, 4) is 5.75 Å². The van der Waals surface area contributed by atoms with Gasteiger partial charge in [0.2, 0.25) is 0 Å². The fourth-order valence-electron chi connectivity index (χ4n) is 2.33. The van der Waals surface area contributed by atoms with Crippen LogP contribution in [0.2, 0.25) is 0 Å². The first kappa shape index (κ1) is 14.6. The van der Waals surface area contributed by atoms with E-state index < -0.39 is 0 Å². The number of benzene rings is 1. The second-order valence-corrected chi connectivity index (χ2v) is 4.89. The minimum absolute atomic E-state index is 0.636. The highest BCUT2D eigenvalue weighted by Gasteiger charge is 2.10. The predicted octanol–water partition coefficient (Wildman–Crippen LogP) is 2.34. The molecule has 20 heavy (non-hydrogen) atoms. The third kappa shape index (κ3) is 3.61. The van der Waals surface area contributed by atoms with Gasteiger partial charge in [-0.1, -0.05) is 18.2 Å². The van der Waals surface area contributed by atoms with E-state index in [0.29, 0.717) is 6.61 Å². The van der Waals surface area contributed by atoms with Crippen LogP contribution in [0.3, 0.4) is 0 Å². The summed E-state index contributed by atoms with van der Waals surface area (Å²) in [5.74, 6) is 0.907. The van der Waals surface area contributed by atoms with E-state index >= 15 is 0 Å². The number of hydrogen-bond donors (Lipinski definition) is 1. The van der Waals surface area contributed by atoms with E-state index in [2.05, 4.69) is 24.3 Å². The van der Waals surface area contributed by atoms with Crippen molar-refractivity contribution in [3.63, 3.8) is 0 Å². The van der Waals surface area contributed by atoms with Gasteiger partial charge in [-0.25, -0.2) is 0 Å². The number of para-hydroxylation sites is 1. The molecule has 0 atom stereocenters. The molecule has 4 heteroatoms. The van der Waals surface area contributed by atoms with E-state index in [4.69, 9.17) is 4.74 Å². The number of aryl methyl sites for hydroxylation is 1. The lowest BCUT2D eigenvalue weighted by atomic mass is 10.1. The summed E-state index contributed by atoms with van der Waals surface area (Å²) in [5.41, 5.74) is 3.71. The molecule has 2 rings (SSSR count).